The van der Waals surface area contributed by atoms with E-state index in [0.717, 1.165) is 29.2 Å². The van der Waals surface area contributed by atoms with Crippen LogP contribution in [0.25, 0.3) is 16.8 Å². The van der Waals surface area contributed by atoms with Crippen LogP contribution < -0.4 is 29.1 Å². The third-order valence-corrected chi connectivity index (χ3v) is 8.33. The highest BCUT2D eigenvalue weighted by Gasteiger charge is 2.34. The molecule has 230 valence electrons. The highest BCUT2D eigenvalue weighted by Crippen LogP contribution is 2.37. The van der Waals surface area contributed by atoms with Gasteiger partial charge in [-0.25, -0.2) is 9.79 Å². The molecule has 0 aliphatic carbocycles. The second-order valence-electron chi connectivity index (χ2n) is 10.8. The maximum atomic E-state index is 14.3. The Hall–Kier alpha value is -4.37. The predicted molar refractivity (Wildman–Crippen MR) is 174 cm³/mol. The van der Waals surface area contributed by atoms with Gasteiger partial charge < -0.3 is 18.9 Å². The average Bonchev–Trinajstić information content (AvgIpc) is 3.31. The number of thiazole rings is 1. The Balaban J connectivity index is 1.73. The van der Waals surface area contributed by atoms with Crippen LogP contribution >= 0.6 is 11.3 Å². The molecule has 0 saturated carbocycles. The minimum Gasteiger partial charge on any atom is -0.493 e. The average molecular weight is 615 g/mol. The van der Waals surface area contributed by atoms with Crippen LogP contribution in [0, 0.1) is 0 Å². The van der Waals surface area contributed by atoms with Gasteiger partial charge in [-0.15, -0.1) is 0 Å². The van der Waals surface area contributed by atoms with E-state index in [-0.39, 0.29) is 18.3 Å². The molecule has 9 heteroatoms. The van der Waals surface area contributed by atoms with E-state index >= 15 is 0 Å². The van der Waals surface area contributed by atoms with Gasteiger partial charge in [0, 0.05) is 5.56 Å². The molecule has 0 N–H and O–H groups in total. The number of carbonyl (C=O) groups excluding carboxylic acids is 1. The molecule has 0 spiro atoms. The van der Waals surface area contributed by atoms with Gasteiger partial charge in [0.25, 0.3) is 5.56 Å². The van der Waals surface area contributed by atoms with Crippen molar-refractivity contribution in [3.8, 4) is 17.2 Å². The number of hydrogen-bond acceptors (Lipinski definition) is 8. The van der Waals surface area contributed by atoms with Crippen molar-refractivity contribution in [2.24, 2.45) is 4.99 Å². The summed E-state index contributed by atoms with van der Waals surface area (Å²) in [7, 11) is 1.56. The number of hydrogen-bond donors (Lipinski definition) is 0. The van der Waals surface area contributed by atoms with Gasteiger partial charge in [-0.05, 0) is 74.7 Å². The standard InChI is InChI=1S/C35H38N2O6S/c1-7-9-18-42-27-16-14-23-12-10-11-13-25(23)26(27)20-30-33(38)37-32(24-15-17-28(43-21(3)4)29(19-24)40-6)31(34(39)41-8-2)22(5)36-35(37)44-30/h10-17,19-21,32H,7-9,18H2,1-6H3. The van der Waals surface area contributed by atoms with E-state index in [9.17, 15) is 9.59 Å². The first kappa shape index (κ1) is 31.1. The first-order chi connectivity index (χ1) is 21.3. The molecule has 0 bridgehead atoms. The topological polar surface area (TPSA) is 88.3 Å². The second kappa shape index (κ2) is 13.5. The molecule has 44 heavy (non-hydrogen) atoms. The summed E-state index contributed by atoms with van der Waals surface area (Å²) < 4.78 is 25.3. The fourth-order valence-electron chi connectivity index (χ4n) is 5.32. The molecule has 5 rings (SSSR count). The number of rotatable bonds is 11. The Labute approximate surface area is 260 Å². The quantitative estimate of drug-likeness (QED) is 0.154. The largest absolute Gasteiger partial charge is 0.493 e. The van der Waals surface area contributed by atoms with Crippen LogP contribution in [0.3, 0.4) is 0 Å². The minimum atomic E-state index is -0.776. The summed E-state index contributed by atoms with van der Waals surface area (Å²) in [5, 5.41) is 2.03. The first-order valence-corrected chi connectivity index (χ1v) is 15.8. The summed E-state index contributed by atoms with van der Waals surface area (Å²) in [4.78, 5) is 32.9. The van der Waals surface area contributed by atoms with Crippen molar-refractivity contribution in [1.29, 1.82) is 0 Å². The van der Waals surface area contributed by atoms with Gasteiger partial charge in [-0.1, -0.05) is 61.1 Å². The van der Waals surface area contributed by atoms with E-state index in [2.05, 4.69) is 6.92 Å². The lowest BCUT2D eigenvalue weighted by Crippen LogP contribution is -2.40. The zero-order chi connectivity index (χ0) is 31.4. The smallest absolute Gasteiger partial charge is 0.338 e. The Bertz CT molecular complexity index is 1900. The van der Waals surface area contributed by atoms with E-state index < -0.39 is 12.0 Å². The molecule has 1 aliphatic rings. The van der Waals surface area contributed by atoms with Crippen molar-refractivity contribution >= 4 is 34.2 Å². The molecule has 1 aliphatic heterocycles. The van der Waals surface area contributed by atoms with Crippen LogP contribution in [0.2, 0.25) is 0 Å². The first-order valence-electron chi connectivity index (χ1n) is 15.0. The maximum Gasteiger partial charge on any atom is 0.338 e. The summed E-state index contributed by atoms with van der Waals surface area (Å²) in [5.74, 6) is 1.27. The normalized spacial score (nSPS) is 14.9. The number of nitrogens with zero attached hydrogens (tertiary/aromatic N) is 2. The highest BCUT2D eigenvalue weighted by atomic mass is 32.1. The minimum absolute atomic E-state index is 0.0606. The lowest BCUT2D eigenvalue weighted by atomic mass is 9.95. The molecule has 1 unspecified atom stereocenters. The molecule has 2 heterocycles. The van der Waals surface area contributed by atoms with Crippen molar-refractivity contribution in [2.45, 2.75) is 59.6 Å². The molecule has 0 fully saturated rings. The van der Waals surface area contributed by atoms with Crippen LogP contribution in [-0.4, -0.2) is 37.0 Å². The number of benzene rings is 3. The van der Waals surface area contributed by atoms with Crippen LogP contribution in [0.15, 0.2) is 75.7 Å². The molecule has 1 atom stereocenters. The van der Waals surface area contributed by atoms with Gasteiger partial charge in [0.1, 0.15) is 5.75 Å². The Kier molecular flexibility index (Phi) is 9.54. The van der Waals surface area contributed by atoms with Gasteiger partial charge in [0.2, 0.25) is 0 Å². The van der Waals surface area contributed by atoms with Crippen molar-refractivity contribution in [3.63, 3.8) is 0 Å². The number of carbonyl (C=O) groups is 1. The number of esters is 1. The summed E-state index contributed by atoms with van der Waals surface area (Å²) in [5.41, 5.74) is 2.05. The highest BCUT2D eigenvalue weighted by molar-refractivity contribution is 7.07. The van der Waals surface area contributed by atoms with E-state index in [1.54, 1.807) is 31.6 Å². The van der Waals surface area contributed by atoms with Crippen molar-refractivity contribution < 1.29 is 23.7 Å². The molecule has 0 radical (unpaired) electrons. The van der Waals surface area contributed by atoms with Gasteiger partial charge >= 0.3 is 5.97 Å². The third-order valence-electron chi connectivity index (χ3n) is 7.34. The molecule has 8 nitrogen and oxygen atoms in total. The summed E-state index contributed by atoms with van der Waals surface area (Å²) in [6, 6.07) is 16.7. The number of aromatic nitrogens is 1. The summed E-state index contributed by atoms with van der Waals surface area (Å²) >= 11 is 1.28. The summed E-state index contributed by atoms with van der Waals surface area (Å²) in [6.45, 7) is 10.3. The van der Waals surface area contributed by atoms with Crippen molar-refractivity contribution in [3.05, 3.63) is 96.7 Å². The Morgan fingerprint density at radius 3 is 2.57 bits per heavy atom. The van der Waals surface area contributed by atoms with Crippen molar-refractivity contribution in [2.75, 3.05) is 20.3 Å². The molecule has 0 amide bonds. The number of allylic oxidation sites excluding steroid dienone is 1. The van der Waals surface area contributed by atoms with Gasteiger partial charge in [0.05, 0.1) is 48.3 Å². The van der Waals surface area contributed by atoms with E-state index in [0.29, 0.717) is 50.0 Å². The Morgan fingerprint density at radius 2 is 1.84 bits per heavy atom. The number of fused-ring (bicyclic) bond motifs is 2. The fraction of sp³-hybridized carbons (Fsp3) is 0.343. The monoisotopic (exact) mass is 614 g/mol. The van der Waals surface area contributed by atoms with Crippen LogP contribution in [0.1, 0.15) is 64.6 Å². The SMILES string of the molecule is CCCCOc1ccc2ccccc2c1C=c1sc2n(c1=O)C(c1ccc(OC(C)C)c(OC)c1)C(C(=O)OCC)=C(C)N=2. The lowest BCUT2D eigenvalue weighted by molar-refractivity contribution is -0.139. The zero-order valence-electron chi connectivity index (χ0n) is 26.0. The number of methoxy groups -OCH3 is 1. The van der Waals surface area contributed by atoms with Crippen LogP contribution in [-0.2, 0) is 9.53 Å². The van der Waals surface area contributed by atoms with Gasteiger partial charge in [0.15, 0.2) is 16.3 Å². The van der Waals surface area contributed by atoms with E-state index in [1.807, 2.05) is 68.5 Å². The zero-order valence-corrected chi connectivity index (χ0v) is 26.8. The molecule has 4 aromatic rings. The molecule has 1 aromatic heterocycles. The Morgan fingerprint density at radius 1 is 1.07 bits per heavy atom. The van der Waals surface area contributed by atoms with Crippen molar-refractivity contribution in [1.82, 2.24) is 4.57 Å². The molecular weight excluding hydrogens is 576 g/mol. The molecular formula is C35H38N2O6S. The molecule has 3 aromatic carbocycles. The predicted octanol–water partition coefficient (Wildman–Crippen LogP) is 5.93. The van der Waals surface area contributed by atoms with E-state index in [1.165, 1.54) is 11.3 Å². The summed E-state index contributed by atoms with van der Waals surface area (Å²) in [6.07, 6.45) is 3.76. The van der Waals surface area contributed by atoms with Gasteiger partial charge in [-0.2, -0.15) is 0 Å². The lowest BCUT2D eigenvalue weighted by Gasteiger charge is -2.25. The number of unbranched alkanes of at least 4 members (excludes halogenated alkanes) is 1. The molecule has 0 saturated heterocycles. The third kappa shape index (κ3) is 6.15. The van der Waals surface area contributed by atoms with Crippen LogP contribution in [0.4, 0.5) is 0 Å². The van der Waals surface area contributed by atoms with E-state index in [4.69, 9.17) is 23.9 Å². The number of ether oxygens (including phenoxy) is 4. The fourth-order valence-corrected chi connectivity index (χ4v) is 6.35. The van der Waals surface area contributed by atoms with Crippen LogP contribution in [0.5, 0.6) is 17.2 Å². The maximum absolute atomic E-state index is 14.3. The second-order valence-corrected chi connectivity index (χ2v) is 11.8. The van der Waals surface area contributed by atoms with Gasteiger partial charge in [-0.3, -0.25) is 9.36 Å².